The third-order valence-corrected chi connectivity index (χ3v) is 3.05. The van der Waals surface area contributed by atoms with E-state index in [4.69, 9.17) is 4.42 Å². The van der Waals surface area contributed by atoms with E-state index in [1.807, 2.05) is 6.07 Å². The predicted molar refractivity (Wildman–Crippen MR) is 52.0 cm³/mol. The number of H-pyrrole nitrogens is 1. The topological polar surface area (TPSA) is 66.2 Å². The smallest absolute Gasteiger partial charge is 0.419 e. The van der Waals surface area contributed by atoms with E-state index in [9.17, 15) is 9.90 Å². The van der Waals surface area contributed by atoms with Crippen molar-refractivity contribution in [3.8, 4) is 16.5 Å². The molecular formula is C7H4BrNO3S. The molecule has 2 aromatic rings. The number of hydrogen-bond donors (Lipinski definition) is 2. The zero-order chi connectivity index (χ0) is 9.42. The molecule has 68 valence electrons. The van der Waals surface area contributed by atoms with Gasteiger partial charge in [0.1, 0.15) is 0 Å². The maximum absolute atomic E-state index is 10.7. The molecule has 0 fully saturated rings. The van der Waals surface area contributed by atoms with Crippen LogP contribution >= 0.6 is 27.3 Å². The van der Waals surface area contributed by atoms with Gasteiger partial charge in [0.2, 0.25) is 11.6 Å². The summed E-state index contributed by atoms with van der Waals surface area (Å²) >= 11 is 4.64. The Labute approximate surface area is 85.0 Å². The fourth-order valence-electron chi connectivity index (χ4n) is 0.923. The average molecular weight is 262 g/mol. The predicted octanol–water partition coefficient (Wildman–Crippen LogP) is 2.16. The summed E-state index contributed by atoms with van der Waals surface area (Å²) < 4.78 is 5.65. The van der Waals surface area contributed by atoms with Gasteiger partial charge in [0.25, 0.3) is 0 Å². The number of aromatic hydroxyl groups is 1. The third kappa shape index (κ3) is 1.54. The second-order valence-corrected chi connectivity index (χ2v) is 4.76. The zero-order valence-corrected chi connectivity index (χ0v) is 8.61. The first-order valence-electron chi connectivity index (χ1n) is 3.34. The Balaban J connectivity index is 2.58. The van der Waals surface area contributed by atoms with Crippen molar-refractivity contribution in [2.75, 3.05) is 0 Å². The van der Waals surface area contributed by atoms with Gasteiger partial charge < -0.3 is 9.52 Å². The lowest BCUT2D eigenvalue weighted by atomic mass is 10.4. The van der Waals surface area contributed by atoms with Crippen LogP contribution in [0.5, 0.6) is 5.88 Å². The van der Waals surface area contributed by atoms with Crippen molar-refractivity contribution in [2.24, 2.45) is 0 Å². The molecule has 0 spiro atoms. The van der Waals surface area contributed by atoms with Crippen LogP contribution in [-0.2, 0) is 0 Å². The lowest BCUT2D eigenvalue weighted by molar-refractivity contribution is 0.453. The van der Waals surface area contributed by atoms with Gasteiger partial charge in [0, 0.05) is 0 Å². The Kier molecular flexibility index (Phi) is 2.01. The normalized spacial score (nSPS) is 10.5. The van der Waals surface area contributed by atoms with Gasteiger partial charge in [0.15, 0.2) is 0 Å². The van der Waals surface area contributed by atoms with Crippen LogP contribution in [0.3, 0.4) is 0 Å². The fourth-order valence-corrected chi connectivity index (χ4v) is 2.29. The molecule has 6 heteroatoms. The summed E-state index contributed by atoms with van der Waals surface area (Å²) in [7, 11) is 0. The van der Waals surface area contributed by atoms with E-state index in [1.165, 1.54) is 11.3 Å². The molecular weight excluding hydrogens is 258 g/mol. The summed E-state index contributed by atoms with van der Waals surface area (Å²) in [6, 6.07) is 3.56. The Hall–Kier alpha value is -1.01. The first-order valence-corrected chi connectivity index (χ1v) is 4.95. The quantitative estimate of drug-likeness (QED) is 0.827. The molecule has 0 saturated heterocycles. The van der Waals surface area contributed by atoms with Crippen LogP contribution in [0, 0.1) is 0 Å². The third-order valence-electron chi connectivity index (χ3n) is 1.43. The Morgan fingerprint density at radius 1 is 1.54 bits per heavy atom. The van der Waals surface area contributed by atoms with Gasteiger partial charge in [-0.1, -0.05) is 0 Å². The van der Waals surface area contributed by atoms with Crippen LogP contribution in [-0.4, -0.2) is 10.1 Å². The second-order valence-electron chi connectivity index (χ2n) is 2.30. The minimum absolute atomic E-state index is 0.181. The van der Waals surface area contributed by atoms with Crippen molar-refractivity contribution in [1.82, 2.24) is 4.98 Å². The van der Waals surface area contributed by atoms with Crippen molar-refractivity contribution < 1.29 is 9.52 Å². The Morgan fingerprint density at radius 2 is 2.31 bits per heavy atom. The van der Waals surface area contributed by atoms with Crippen molar-refractivity contribution in [3.05, 3.63) is 26.5 Å². The number of thiophene rings is 1. The molecule has 0 aliphatic heterocycles. The highest BCUT2D eigenvalue weighted by atomic mass is 79.9. The van der Waals surface area contributed by atoms with E-state index >= 15 is 0 Å². The van der Waals surface area contributed by atoms with E-state index in [0.717, 1.165) is 3.79 Å². The maximum Gasteiger partial charge on any atom is 0.419 e. The van der Waals surface area contributed by atoms with Crippen LogP contribution in [0.15, 0.2) is 25.1 Å². The highest BCUT2D eigenvalue weighted by Crippen LogP contribution is 2.34. The number of halogens is 1. The second kappa shape index (κ2) is 3.04. The first-order chi connectivity index (χ1) is 6.16. The number of aromatic amines is 1. The molecule has 2 heterocycles. The summed E-state index contributed by atoms with van der Waals surface area (Å²) in [4.78, 5) is 13.5. The summed E-state index contributed by atoms with van der Waals surface area (Å²) in [6.45, 7) is 0. The highest BCUT2D eigenvalue weighted by Gasteiger charge is 2.12. The minimum Gasteiger partial charge on any atom is -0.492 e. The summed E-state index contributed by atoms with van der Waals surface area (Å²) in [5.74, 6) is -0.711. The van der Waals surface area contributed by atoms with Gasteiger partial charge >= 0.3 is 5.76 Å². The van der Waals surface area contributed by atoms with Crippen molar-refractivity contribution in [2.45, 2.75) is 0 Å². The van der Waals surface area contributed by atoms with Gasteiger partial charge in [-0.2, -0.15) is 0 Å². The largest absolute Gasteiger partial charge is 0.492 e. The van der Waals surface area contributed by atoms with Crippen LogP contribution < -0.4 is 5.76 Å². The molecule has 0 unspecified atom stereocenters. The van der Waals surface area contributed by atoms with E-state index in [-0.39, 0.29) is 11.6 Å². The zero-order valence-electron chi connectivity index (χ0n) is 6.20. The van der Waals surface area contributed by atoms with E-state index in [2.05, 4.69) is 20.9 Å². The van der Waals surface area contributed by atoms with E-state index < -0.39 is 5.76 Å². The van der Waals surface area contributed by atoms with Crippen molar-refractivity contribution >= 4 is 27.3 Å². The van der Waals surface area contributed by atoms with Gasteiger partial charge in [0.05, 0.1) is 8.66 Å². The number of hydrogen-bond acceptors (Lipinski definition) is 4. The summed E-state index contributed by atoms with van der Waals surface area (Å²) in [6.07, 6.45) is 0. The standard InChI is InChI=1S/C7H4BrNO3S/c8-4-2-1-3(13-4)5-6(10)9-7(11)12-5/h1-2,10H,(H,9,11). The number of oxazole rings is 1. The molecule has 2 aromatic heterocycles. The van der Waals surface area contributed by atoms with Gasteiger partial charge in [-0.15, -0.1) is 11.3 Å². The van der Waals surface area contributed by atoms with Crippen LogP contribution in [0.1, 0.15) is 0 Å². The van der Waals surface area contributed by atoms with E-state index in [1.54, 1.807) is 6.07 Å². The van der Waals surface area contributed by atoms with Gasteiger partial charge in [-0.05, 0) is 28.1 Å². The molecule has 0 aliphatic rings. The molecule has 2 rings (SSSR count). The fraction of sp³-hybridized carbons (Fsp3) is 0. The number of nitrogens with one attached hydrogen (secondary N) is 1. The summed E-state index contributed by atoms with van der Waals surface area (Å²) in [5.41, 5.74) is 0. The minimum atomic E-state index is -0.656. The lowest BCUT2D eigenvalue weighted by Gasteiger charge is -1.87. The van der Waals surface area contributed by atoms with E-state index in [0.29, 0.717) is 4.88 Å². The van der Waals surface area contributed by atoms with Crippen LogP contribution in [0.4, 0.5) is 0 Å². The first kappa shape index (κ1) is 8.58. The highest BCUT2D eigenvalue weighted by molar-refractivity contribution is 9.11. The number of rotatable bonds is 1. The SMILES string of the molecule is O=c1[nH]c(O)c(-c2ccc(Br)s2)o1. The molecule has 0 bridgehead atoms. The molecule has 4 nitrogen and oxygen atoms in total. The Bertz CT molecular complexity index is 484. The van der Waals surface area contributed by atoms with Crippen molar-refractivity contribution in [3.63, 3.8) is 0 Å². The molecule has 2 N–H and O–H groups in total. The molecule has 0 saturated carbocycles. The average Bonchev–Trinajstić information content (AvgIpc) is 2.58. The lowest BCUT2D eigenvalue weighted by Crippen LogP contribution is -1.92. The molecule has 0 atom stereocenters. The summed E-state index contributed by atoms with van der Waals surface area (Å²) in [5, 5.41) is 9.24. The molecule has 0 aliphatic carbocycles. The van der Waals surface area contributed by atoms with Gasteiger partial charge in [-0.25, -0.2) is 4.79 Å². The molecule has 0 amide bonds. The van der Waals surface area contributed by atoms with Crippen molar-refractivity contribution in [1.29, 1.82) is 0 Å². The Morgan fingerprint density at radius 3 is 2.77 bits per heavy atom. The van der Waals surface area contributed by atoms with Gasteiger partial charge in [-0.3, -0.25) is 4.98 Å². The number of aromatic nitrogens is 1. The molecule has 13 heavy (non-hydrogen) atoms. The van der Waals surface area contributed by atoms with Crippen LogP contribution in [0.2, 0.25) is 0 Å². The molecule has 0 radical (unpaired) electrons. The monoisotopic (exact) mass is 261 g/mol. The maximum atomic E-state index is 10.7. The van der Waals surface area contributed by atoms with Crippen LogP contribution in [0.25, 0.3) is 10.6 Å². The molecule has 0 aromatic carbocycles.